The van der Waals surface area contributed by atoms with Crippen LogP contribution in [0.15, 0.2) is 71.7 Å². The molecule has 9 heteroatoms. The summed E-state index contributed by atoms with van der Waals surface area (Å²) in [5.74, 6) is -0.391. The predicted molar refractivity (Wildman–Crippen MR) is 105 cm³/mol. The Morgan fingerprint density at radius 1 is 1.18 bits per heavy atom. The maximum absolute atomic E-state index is 13.8. The summed E-state index contributed by atoms with van der Waals surface area (Å²) >= 11 is 3.37. The van der Waals surface area contributed by atoms with Crippen molar-refractivity contribution in [2.24, 2.45) is 0 Å². The Hall–Kier alpha value is -3.33. The first kappa shape index (κ1) is 18.1. The second-order valence-electron chi connectivity index (χ2n) is 5.92. The lowest BCUT2D eigenvalue weighted by Gasteiger charge is -2.05. The van der Waals surface area contributed by atoms with E-state index >= 15 is 0 Å². The van der Waals surface area contributed by atoms with Gasteiger partial charge in [-0.3, -0.25) is 14.5 Å². The van der Waals surface area contributed by atoms with Crippen LogP contribution in [0.5, 0.6) is 0 Å². The fourth-order valence-corrected chi connectivity index (χ4v) is 3.06. The van der Waals surface area contributed by atoms with Gasteiger partial charge in [-0.05, 0) is 40.2 Å². The quantitative estimate of drug-likeness (QED) is 0.513. The van der Waals surface area contributed by atoms with Gasteiger partial charge in [0.15, 0.2) is 5.82 Å². The number of pyridine rings is 1. The van der Waals surface area contributed by atoms with Crippen LogP contribution in [0, 0.1) is 5.82 Å². The van der Waals surface area contributed by atoms with E-state index in [1.54, 1.807) is 64.4 Å². The summed E-state index contributed by atoms with van der Waals surface area (Å²) in [4.78, 5) is 16.7. The molecule has 28 heavy (non-hydrogen) atoms. The fraction of sp³-hybridized carbons (Fsp3) is 0.0526. The van der Waals surface area contributed by atoms with E-state index in [0.29, 0.717) is 21.5 Å². The maximum atomic E-state index is 13.8. The van der Waals surface area contributed by atoms with Crippen LogP contribution in [-0.4, -0.2) is 30.5 Å². The van der Waals surface area contributed by atoms with E-state index in [1.807, 2.05) is 0 Å². The van der Waals surface area contributed by atoms with E-state index < -0.39 is 5.91 Å². The minimum Gasteiger partial charge on any atom is -0.303 e. The molecule has 0 aliphatic heterocycles. The molecule has 0 radical (unpaired) electrons. The molecule has 1 amide bonds. The molecule has 0 bridgehead atoms. The Morgan fingerprint density at radius 2 is 2.04 bits per heavy atom. The maximum Gasteiger partial charge on any atom is 0.275 e. The van der Waals surface area contributed by atoms with Gasteiger partial charge in [0.1, 0.15) is 11.5 Å². The summed E-state index contributed by atoms with van der Waals surface area (Å²) in [5.41, 5.74) is 1.45. The molecular weight excluding hydrogens is 427 g/mol. The zero-order valence-electron chi connectivity index (χ0n) is 14.5. The lowest BCUT2D eigenvalue weighted by atomic mass is 10.2. The third-order valence-electron chi connectivity index (χ3n) is 3.98. The van der Waals surface area contributed by atoms with Crippen molar-refractivity contribution in [2.75, 3.05) is 5.32 Å². The van der Waals surface area contributed by atoms with Crippen LogP contribution in [0.4, 0.5) is 10.2 Å². The number of aromatic nitrogens is 5. The zero-order chi connectivity index (χ0) is 19.5. The van der Waals surface area contributed by atoms with Gasteiger partial charge in [0.05, 0.1) is 16.7 Å². The molecule has 140 valence electrons. The van der Waals surface area contributed by atoms with Gasteiger partial charge >= 0.3 is 0 Å². The molecule has 0 aliphatic rings. The highest BCUT2D eigenvalue weighted by Gasteiger charge is 2.14. The van der Waals surface area contributed by atoms with Gasteiger partial charge in [-0.1, -0.05) is 18.2 Å². The third-order valence-corrected chi connectivity index (χ3v) is 4.56. The van der Waals surface area contributed by atoms with Gasteiger partial charge in [0.2, 0.25) is 0 Å². The number of nitrogens with one attached hydrogen (secondary N) is 1. The Labute approximate surface area is 168 Å². The first-order valence-corrected chi connectivity index (χ1v) is 9.13. The summed E-state index contributed by atoms with van der Waals surface area (Å²) in [7, 11) is 0. The van der Waals surface area contributed by atoms with Crippen LogP contribution < -0.4 is 5.32 Å². The van der Waals surface area contributed by atoms with Gasteiger partial charge in [0.25, 0.3) is 5.91 Å². The Balaban J connectivity index is 1.52. The average molecular weight is 441 g/mol. The van der Waals surface area contributed by atoms with E-state index in [9.17, 15) is 9.18 Å². The summed E-state index contributed by atoms with van der Waals surface area (Å²) < 4.78 is 17.6. The van der Waals surface area contributed by atoms with Crippen LogP contribution in [0.25, 0.3) is 5.69 Å². The Morgan fingerprint density at radius 3 is 2.82 bits per heavy atom. The number of hydrogen-bond acceptors (Lipinski definition) is 4. The lowest BCUT2D eigenvalue weighted by molar-refractivity contribution is 0.102. The van der Waals surface area contributed by atoms with Crippen LogP contribution in [0.1, 0.15) is 16.1 Å². The minimum absolute atomic E-state index is 0.226. The number of nitrogens with zero attached hydrogens (tertiary/aromatic N) is 5. The highest BCUT2D eigenvalue weighted by Crippen LogP contribution is 2.22. The predicted octanol–water partition coefficient (Wildman–Crippen LogP) is 3.67. The van der Waals surface area contributed by atoms with Crippen molar-refractivity contribution in [2.45, 2.75) is 6.54 Å². The molecule has 0 aliphatic carbocycles. The van der Waals surface area contributed by atoms with Gasteiger partial charge in [-0.15, -0.1) is 0 Å². The molecule has 0 fully saturated rings. The monoisotopic (exact) mass is 440 g/mol. The van der Waals surface area contributed by atoms with E-state index in [4.69, 9.17) is 0 Å². The molecule has 1 N–H and O–H groups in total. The van der Waals surface area contributed by atoms with Crippen molar-refractivity contribution < 1.29 is 9.18 Å². The first-order chi connectivity index (χ1) is 13.6. The molecule has 0 atom stereocenters. The second kappa shape index (κ2) is 7.73. The van der Waals surface area contributed by atoms with Gasteiger partial charge in [-0.25, -0.2) is 9.07 Å². The number of anilines is 1. The first-order valence-electron chi connectivity index (χ1n) is 8.34. The highest BCUT2D eigenvalue weighted by molar-refractivity contribution is 9.10. The second-order valence-corrected chi connectivity index (χ2v) is 6.77. The van der Waals surface area contributed by atoms with E-state index in [2.05, 4.69) is 36.4 Å². The number of halogens is 2. The number of benzene rings is 1. The largest absolute Gasteiger partial charge is 0.303 e. The fourth-order valence-electron chi connectivity index (χ4n) is 2.64. The molecule has 1 aromatic carbocycles. The smallest absolute Gasteiger partial charge is 0.275 e. The zero-order valence-corrected chi connectivity index (χ0v) is 16.0. The summed E-state index contributed by atoms with van der Waals surface area (Å²) in [6.45, 7) is 0.244. The van der Waals surface area contributed by atoms with E-state index in [0.717, 1.165) is 0 Å². The molecular formula is C19H14BrFN6O. The number of amides is 1. The molecule has 0 unspecified atom stereocenters. The number of carbonyl (C=O) groups excluding carboxylic acids is 1. The van der Waals surface area contributed by atoms with Crippen molar-refractivity contribution >= 4 is 27.7 Å². The van der Waals surface area contributed by atoms with Crippen molar-refractivity contribution in [1.82, 2.24) is 24.5 Å². The van der Waals surface area contributed by atoms with Crippen molar-refractivity contribution in [3.05, 3.63) is 88.8 Å². The average Bonchev–Trinajstić information content (AvgIpc) is 3.34. The van der Waals surface area contributed by atoms with Crippen LogP contribution in [0.2, 0.25) is 0 Å². The summed E-state index contributed by atoms with van der Waals surface area (Å²) in [5, 5.41) is 11.2. The number of carbonyl (C=O) groups is 1. The van der Waals surface area contributed by atoms with Crippen molar-refractivity contribution in [3.63, 3.8) is 0 Å². The topological polar surface area (TPSA) is 77.6 Å². The summed E-state index contributed by atoms with van der Waals surface area (Å²) in [6, 6.07) is 11.7. The molecule has 7 nitrogen and oxygen atoms in total. The van der Waals surface area contributed by atoms with Gasteiger partial charge in [0, 0.05) is 30.4 Å². The van der Waals surface area contributed by atoms with Crippen molar-refractivity contribution in [1.29, 1.82) is 0 Å². The van der Waals surface area contributed by atoms with Crippen LogP contribution >= 0.6 is 15.9 Å². The van der Waals surface area contributed by atoms with Gasteiger partial charge < -0.3 is 5.32 Å². The molecule has 0 spiro atoms. The molecule has 3 heterocycles. The minimum atomic E-state index is -0.411. The Bertz CT molecular complexity index is 1130. The molecule has 4 rings (SSSR count). The lowest BCUT2D eigenvalue weighted by Crippen LogP contribution is -2.15. The Kier molecular flexibility index (Phi) is 4.98. The molecule has 0 saturated heterocycles. The summed E-state index contributed by atoms with van der Waals surface area (Å²) in [6.07, 6.45) is 6.64. The van der Waals surface area contributed by atoms with Crippen LogP contribution in [-0.2, 0) is 6.54 Å². The molecule has 0 saturated carbocycles. The normalized spacial score (nSPS) is 10.8. The van der Waals surface area contributed by atoms with E-state index in [1.165, 1.54) is 12.3 Å². The standard InChI is InChI=1S/C19H14BrFN6O/c20-15-12-26(11-13-4-1-2-5-16(13)21)25-18(15)24-19(28)17-10-14(6-8-22-17)27-9-3-7-23-27/h1-10,12H,11H2,(H,24,25,28). The molecule has 3 aromatic heterocycles. The SMILES string of the molecule is O=C(Nc1nn(Cc2ccccc2F)cc1Br)c1cc(-n2cccn2)ccn1. The van der Waals surface area contributed by atoms with Crippen LogP contribution in [0.3, 0.4) is 0 Å². The number of rotatable bonds is 5. The highest BCUT2D eigenvalue weighted by atomic mass is 79.9. The number of hydrogen-bond donors (Lipinski definition) is 1. The third kappa shape index (κ3) is 3.84. The molecule has 4 aromatic rings. The van der Waals surface area contributed by atoms with E-state index in [-0.39, 0.29) is 18.1 Å². The van der Waals surface area contributed by atoms with Crippen molar-refractivity contribution in [3.8, 4) is 5.69 Å². The van der Waals surface area contributed by atoms with Gasteiger partial charge in [-0.2, -0.15) is 10.2 Å².